The van der Waals surface area contributed by atoms with E-state index in [1.165, 1.54) is 123 Å². The van der Waals surface area contributed by atoms with Crippen molar-refractivity contribution < 1.29 is 0 Å². The van der Waals surface area contributed by atoms with Crippen molar-refractivity contribution in [3.8, 4) is 11.1 Å². The van der Waals surface area contributed by atoms with Crippen LogP contribution < -0.4 is 9.80 Å². The second-order valence-corrected chi connectivity index (χ2v) is 23.3. The summed E-state index contributed by atoms with van der Waals surface area (Å²) in [4.78, 5) is 5.23. The first-order valence-corrected chi connectivity index (χ1v) is 27.0. The Kier molecular flexibility index (Phi) is 8.44. The lowest BCUT2D eigenvalue weighted by Gasteiger charge is -2.38. The van der Waals surface area contributed by atoms with Gasteiger partial charge < -0.3 is 9.80 Å². The van der Waals surface area contributed by atoms with Crippen LogP contribution in [0.4, 0.5) is 34.1 Å². The average molecular weight is 967 g/mol. The van der Waals surface area contributed by atoms with E-state index in [0.29, 0.717) is 0 Å². The molecule has 14 aromatic rings. The monoisotopic (exact) mass is 966 g/mol. The van der Waals surface area contributed by atoms with Gasteiger partial charge in [-0.15, -0.1) is 22.7 Å². The van der Waals surface area contributed by atoms with Crippen LogP contribution in [0.1, 0.15) is 48.6 Å². The highest BCUT2D eigenvalue weighted by atomic mass is 32.1. The molecule has 6 bridgehead atoms. The van der Waals surface area contributed by atoms with Crippen LogP contribution in [0.3, 0.4) is 0 Å². The van der Waals surface area contributed by atoms with Crippen molar-refractivity contribution >= 4 is 129 Å². The number of hydrogen-bond acceptors (Lipinski definition) is 4. The molecular weight excluding hydrogens is 921 g/mol. The third kappa shape index (κ3) is 5.63. The molecule has 73 heavy (non-hydrogen) atoms. The van der Waals surface area contributed by atoms with Crippen molar-refractivity contribution in [1.82, 2.24) is 0 Å². The number of nitrogens with zero attached hydrogens (tertiary/aromatic N) is 2. The van der Waals surface area contributed by atoms with Crippen molar-refractivity contribution in [2.24, 2.45) is 0 Å². The molecule has 2 aliphatic rings. The summed E-state index contributed by atoms with van der Waals surface area (Å²) in [5.41, 5.74) is 15.2. The summed E-state index contributed by atoms with van der Waals surface area (Å²) in [6, 6.07) is 86.2. The Morgan fingerprint density at radius 3 is 1.32 bits per heavy atom. The van der Waals surface area contributed by atoms with Crippen molar-refractivity contribution in [1.29, 1.82) is 0 Å². The van der Waals surface area contributed by atoms with Crippen LogP contribution in [0.2, 0.25) is 0 Å². The molecule has 1 aliphatic carbocycles. The van der Waals surface area contributed by atoms with Crippen LogP contribution in [0, 0.1) is 0 Å². The molecule has 2 aromatic heterocycles. The van der Waals surface area contributed by atoms with Gasteiger partial charge in [-0.05, 0) is 115 Å². The first kappa shape index (κ1) is 41.3. The lowest BCUT2D eigenvalue weighted by Crippen LogP contribution is -2.29. The number of fused-ring (bicyclic) bond motifs is 21. The molecule has 16 rings (SSSR count). The fourth-order valence-corrected chi connectivity index (χ4v) is 15.5. The standard InChI is InChI=1S/C69H46N2S2/c1-68(2,3)45-36-41-32-34-54-60-40-61(55-35-33-42(37-45)64(41)65(54)55)71(59-29-15-25-53-51-23-7-11-31-63(51)73-67(53)59)47-19-13-17-44(39-47)69(56-26-8-4-20-48(56)49-21-5-9-27-57(49)69)43-16-12-18-46(38-43)70(60)58-28-14-24-52-50-22-6-10-30-62(50)72-66(52)58/h4-40H,1-3H3. The second kappa shape index (κ2) is 14.9. The highest BCUT2D eigenvalue weighted by Crippen LogP contribution is 2.60. The Labute approximate surface area is 431 Å². The molecule has 4 heteroatoms. The fourth-order valence-electron chi connectivity index (χ4n) is 13.1. The second-order valence-electron chi connectivity index (χ2n) is 21.2. The van der Waals surface area contributed by atoms with E-state index in [-0.39, 0.29) is 5.41 Å². The third-order valence-corrected chi connectivity index (χ3v) is 18.7. The van der Waals surface area contributed by atoms with Crippen LogP contribution in [0.25, 0.3) is 83.8 Å². The van der Waals surface area contributed by atoms with Crippen LogP contribution in [-0.2, 0) is 10.8 Å². The van der Waals surface area contributed by atoms with Crippen molar-refractivity contribution in [3.05, 3.63) is 252 Å². The van der Waals surface area contributed by atoms with E-state index < -0.39 is 5.41 Å². The van der Waals surface area contributed by atoms with Crippen molar-refractivity contribution in [2.75, 3.05) is 9.80 Å². The minimum atomic E-state index is -0.636. The molecule has 0 fully saturated rings. The van der Waals surface area contributed by atoms with Gasteiger partial charge in [0, 0.05) is 58.5 Å². The van der Waals surface area contributed by atoms with Gasteiger partial charge in [0.15, 0.2) is 0 Å². The smallest absolute Gasteiger partial charge is 0.0715 e. The minimum Gasteiger partial charge on any atom is -0.308 e. The van der Waals surface area contributed by atoms with E-state index in [2.05, 4.69) is 255 Å². The summed E-state index contributed by atoms with van der Waals surface area (Å²) in [6.45, 7) is 6.98. The third-order valence-electron chi connectivity index (χ3n) is 16.3. The van der Waals surface area contributed by atoms with E-state index in [4.69, 9.17) is 0 Å². The molecule has 0 saturated carbocycles. The highest BCUT2D eigenvalue weighted by Gasteiger charge is 2.47. The predicted molar refractivity (Wildman–Crippen MR) is 315 cm³/mol. The molecule has 1 spiro atoms. The maximum atomic E-state index is 2.62. The normalized spacial score (nSPS) is 14.0. The van der Waals surface area contributed by atoms with Crippen LogP contribution >= 0.6 is 22.7 Å². The largest absolute Gasteiger partial charge is 0.308 e. The molecule has 1 aliphatic heterocycles. The molecule has 0 unspecified atom stereocenters. The van der Waals surface area contributed by atoms with E-state index in [9.17, 15) is 0 Å². The summed E-state index contributed by atoms with van der Waals surface area (Å²) in [7, 11) is 0. The fraction of sp³-hybridized carbons (Fsp3) is 0.0725. The van der Waals surface area contributed by atoms with Crippen LogP contribution in [-0.4, -0.2) is 0 Å². The Morgan fingerprint density at radius 2 is 0.808 bits per heavy atom. The van der Waals surface area contributed by atoms with Gasteiger partial charge in [0.05, 0.1) is 37.6 Å². The summed E-state index contributed by atoms with van der Waals surface area (Å²) >= 11 is 3.79. The van der Waals surface area contributed by atoms with Gasteiger partial charge in [-0.3, -0.25) is 0 Å². The summed E-state index contributed by atoms with van der Waals surface area (Å²) in [5.74, 6) is 0. The molecule has 0 atom stereocenters. The number of thiophene rings is 2. The summed E-state index contributed by atoms with van der Waals surface area (Å²) < 4.78 is 5.12. The van der Waals surface area contributed by atoms with Crippen molar-refractivity contribution in [2.45, 2.75) is 31.6 Å². The molecule has 3 heterocycles. The van der Waals surface area contributed by atoms with E-state index in [0.717, 1.165) is 22.7 Å². The van der Waals surface area contributed by atoms with Gasteiger partial charge in [0.2, 0.25) is 0 Å². The minimum absolute atomic E-state index is 0.0122. The first-order chi connectivity index (χ1) is 35.8. The Morgan fingerprint density at radius 1 is 0.356 bits per heavy atom. The molecule has 344 valence electrons. The van der Waals surface area contributed by atoms with Gasteiger partial charge in [-0.25, -0.2) is 0 Å². The Balaban J connectivity index is 1.13. The lowest BCUT2D eigenvalue weighted by molar-refractivity contribution is 0.591. The zero-order chi connectivity index (χ0) is 48.3. The van der Waals surface area contributed by atoms with Gasteiger partial charge in [0.1, 0.15) is 0 Å². The van der Waals surface area contributed by atoms with Crippen LogP contribution in [0.15, 0.2) is 224 Å². The van der Waals surface area contributed by atoms with E-state index >= 15 is 0 Å². The maximum Gasteiger partial charge on any atom is 0.0715 e. The summed E-state index contributed by atoms with van der Waals surface area (Å²) in [5, 5.41) is 12.7. The van der Waals surface area contributed by atoms with Crippen molar-refractivity contribution in [3.63, 3.8) is 0 Å². The topological polar surface area (TPSA) is 6.48 Å². The predicted octanol–water partition coefficient (Wildman–Crippen LogP) is 20.2. The molecule has 0 N–H and O–H groups in total. The van der Waals surface area contributed by atoms with Crippen LogP contribution in [0.5, 0.6) is 0 Å². The Hall–Kier alpha value is -8.28. The SMILES string of the molecule is CC(C)(C)c1cc2ccc3c4cc(c5ccc(c1)c2c35)N(c1cccc2c1sc1ccccc12)c1cccc(c1)C1(c2cccc(c2)N4c2cccc3c2sc2ccccc23)c2ccccc2-c2ccccc21. The van der Waals surface area contributed by atoms with E-state index in [1.807, 2.05) is 22.7 Å². The molecule has 12 aromatic carbocycles. The van der Waals surface area contributed by atoms with Gasteiger partial charge >= 0.3 is 0 Å². The number of hydrogen-bond donors (Lipinski definition) is 0. The lowest BCUT2D eigenvalue weighted by atomic mass is 9.67. The van der Waals surface area contributed by atoms with Gasteiger partial charge in [0.25, 0.3) is 0 Å². The number of anilines is 6. The molecular formula is C69H46N2S2. The quantitative estimate of drug-likeness (QED) is 0.159. The van der Waals surface area contributed by atoms with Gasteiger partial charge in [-0.1, -0.05) is 191 Å². The summed E-state index contributed by atoms with van der Waals surface area (Å²) in [6.07, 6.45) is 0. The molecule has 0 amide bonds. The maximum absolute atomic E-state index is 2.62. The Bertz CT molecular complexity index is 4360. The first-order valence-electron chi connectivity index (χ1n) is 25.4. The molecule has 2 nitrogen and oxygen atoms in total. The zero-order valence-electron chi connectivity index (χ0n) is 40.6. The highest BCUT2D eigenvalue weighted by molar-refractivity contribution is 7.26. The average Bonchev–Trinajstić information content (AvgIpc) is 4.10. The number of rotatable bonds is 2. The number of benzene rings is 12. The van der Waals surface area contributed by atoms with E-state index in [1.54, 1.807) is 0 Å². The van der Waals surface area contributed by atoms with Gasteiger partial charge in [-0.2, -0.15) is 0 Å². The zero-order valence-corrected chi connectivity index (χ0v) is 42.2. The molecule has 0 radical (unpaired) electrons. The molecule has 0 saturated heterocycles.